The highest BCUT2D eigenvalue weighted by atomic mass is 35.5. The van der Waals surface area contributed by atoms with Gasteiger partial charge in [-0.05, 0) is 19.1 Å². The van der Waals surface area contributed by atoms with Crippen LogP contribution in [0, 0.1) is 11.3 Å². The van der Waals surface area contributed by atoms with Crippen molar-refractivity contribution in [3.05, 3.63) is 29.0 Å². The van der Waals surface area contributed by atoms with Crippen molar-refractivity contribution in [2.75, 3.05) is 7.05 Å². The summed E-state index contributed by atoms with van der Waals surface area (Å²) in [5.74, 6) is -0.231. The molecule has 0 bridgehead atoms. The number of hydrogen-bond donors (Lipinski definition) is 0. The lowest BCUT2D eigenvalue weighted by atomic mass is 10.2. The normalized spacial score (nSPS) is 11.6. The summed E-state index contributed by atoms with van der Waals surface area (Å²) in [4.78, 5) is 17.3. The standard InChI is InChI=1S/C11H12ClN3O/c1-8(6-7-13)15(2)11(16)9-4-3-5-10(12)14-9/h3-5,8H,6H2,1-2H3. The summed E-state index contributed by atoms with van der Waals surface area (Å²) in [6.07, 6.45) is 0.294. The number of hydrogen-bond acceptors (Lipinski definition) is 3. The lowest BCUT2D eigenvalue weighted by molar-refractivity contribution is 0.0740. The molecule has 1 unspecified atom stereocenters. The molecule has 1 amide bonds. The predicted molar refractivity (Wildman–Crippen MR) is 61.0 cm³/mol. The molecule has 5 heteroatoms. The monoisotopic (exact) mass is 237 g/mol. The van der Waals surface area contributed by atoms with Crippen molar-refractivity contribution in [2.45, 2.75) is 19.4 Å². The fourth-order valence-electron chi connectivity index (χ4n) is 1.18. The van der Waals surface area contributed by atoms with Gasteiger partial charge >= 0.3 is 0 Å². The fraction of sp³-hybridized carbons (Fsp3) is 0.364. The first-order valence-electron chi connectivity index (χ1n) is 4.83. The minimum Gasteiger partial charge on any atom is -0.337 e. The van der Waals surface area contributed by atoms with Crippen LogP contribution < -0.4 is 0 Å². The number of nitriles is 1. The molecule has 4 nitrogen and oxygen atoms in total. The summed E-state index contributed by atoms with van der Waals surface area (Å²) < 4.78 is 0. The van der Waals surface area contributed by atoms with Gasteiger partial charge in [0.15, 0.2) is 0 Å². The Kier molecular flexibility index (Phi) is 4.27. The highest BCUT2D eigenvalue weighted by Gasteiger charge is 2.18. The number of aromatic nitrogens is 1. The quantitative estimate of drug-likeness (QED) is 0.757. The number of pyridine rings is 1. The van der Waals surface area contributed by atoms with Crippen LogP contribution in [0.15, 0.2) is 18.2 Å². The fourth-order valence-corrected chi connectivity index (χ4v) is 1.34. The van der Waals surface area contributed by atoms with Crippen LogP contribution in [-0.2, 0) is 0 Å². The van der Waals surface area contributed by atoms with Crippen molar-refractivity contribution < 1.29 is 4.79 Å². The first kappa shape index (κ1) is 12.5. The van der Waals surface area contributed by atoms with E-state index in [0.717, 1.165) is 0 Å². The zero-order valence-corrected chi connectivity index (χ0v) is 9.90. The van der Waals surface area contributed by atoms with Crippen LogP contribution in [0.4, 0.5) is 0 Å². The van der Waals surface area contributed by atoms with E-state index >= 15 is 0 Å². The molecule has 0 fully saturated rings. The lowest BCUT2D eigenvalue weighted by Crippen LogP contribution is -2.35. The van der Waals surface area contributed by atoms with E-state index in [4.69, 9.17) is 16.9 Å². The Balaban J connectivity index is 2.82. The van der Waals surface area contributed by atoms with Crippen molar-refractivity contribution in [2.24, 2.45) is 0 Å². The van der Waals surface area contributed by atoms with Crippen molar-refractivity contribution >= 4 is 17.5 Å². The van der Waals surface area contributed by atoms with Crippen molar-refractivity contribution in [1.29, 1.82) is 5.26 Å². The highest BCUT2D eigenvalue weighted by molar-refractivity contribution is 6.29. The number of nitrogens with zero attached hydrogens (tertiary/aromatic N) is 3. The number of amides is 1. The molecule has 0 aromatic carbocycles. The molecule has 1 rings (SSSR count). The SMILES string of the molecule is CC(CC#N)N(C)C(=O)c1cccc(Cl)n1. The summed E-state index contributed by atoms with van der Waals surface area (Å²) in [5.41, 5.74) is 0.291. The number of carbonyl (C=O) groups excluding carboxylic acids is 1. The number of rotatable bonds is 3. The minimum atomic E-state index is -0.231. The van der Waals surface area contributed by atoms with Crippen LogP contribution in [-0.4, -0.2) is 28.9 Å². The third kappa shape index (κ3) is 2.94. The zero-order chi connectivity index (χ0) is 12.1. The average Bonchev–Trinajstić information content (AvgIpc) is 2.27. The van der Waals surface area contributed by atoms with Gasteiger partial charge in [0.2, 0.25) is 0 Å². The Hall–Kier alpha value is -1.60. The molecule has 16 heavy (non-hydrogen) atoms. The molecule has 0 radical (unpaired) electrons. The Morgan fingerprint density at radius 2 is 2.38 bits per heavy atom. The summed E-state index contributed by atoms with van der Waals surface area (Å²) in [6, 6.07) is 6.77. The van der Waals surface area contributed by atoms with E-state index in [1.807, 2.05) is 13.0 Å². The van der Waals surface area contributed by atoms with Gasteiger partial charge in [0.1, 0.15) is 10.8 Å². The third-order valence-corrected chi connectivity index (χ3v) is 2.51. The molecular formula is C11H12ClN3O. The maximum atomic E-state index is 11.9. The first-order chi connectivity index (χ1) is 7.56. The van der Waals surface area contributed by atoms with E-state index < -0.39 is 0 Å². The molecule has 0 aliphatic carbocycles. The second-order valence-corrected chi connectivity index (χ2v) is 3.86. The summed E-state index contributed by atoms with van der Waals surface area (Å²) in [7, 11) is 1.65. The van der Waals surface area contributed by atoms with Gasteiger partial charge in [0.05, 0.1) is 12.5 Å². The maximum Gasteiger partial charge on any atom is 0.272 e. The van der Waals surface area contributed by atoms with Crippen molar-refractivity contribution in [1.82, 2.24) is 9.88 Å². The largest absolute Gasteiger partial charge is 0.337 e. The first-order valence-corrected chi connectivity index (χ1v) is 5.20. The second-order valence-electron chi connectivity index (χ2n) is 3.47. The predicted octanol–water partition coefficient (Wildman–Crippen LogP) is 2.11. The van der Waals surface area contributed by atoms with Crippen LogP contribution in [0.25, 0.3) is 0 Å². The average molecular weight is 238 g/mol. The van der Waals surface area contributed by atoms with Crippen molar-refractivity contribution in [3.63, 3.8) is 0 Å². The summed E-state index contributed by atoms with van der Waals surface area (Å²) >= 11 is 5.70. The number of halogens is 1. The van der Waals surface area contributed by atoms with Crippen LogP contribution in [0.2, 0.25) is 5.15 Å². The second kappa shape index (κ2) is 5.47. The van der Waals surface area contributed by atoms with Crippen molar-refractivity contribution in [3.8, 4) is 6.07 Å². The minimum absolute atomic E-state index is 0.140. The molecule has 1 atom stereocenters. The van der Waals surface area contributed by atoms with Crippen LogP contribution in [0.1, 0.15) is 23.8 Å². The van der Waals surface area contributed by atoms with Gasteiger partial charge in [-0.15, -0.1) is 0 Å². The molecule has 1 aromatic rings. The smallest absolute Gasteiger partial charge is 0.272 e. The Bertz CT molecular complexity index is 427. The topological polar surface area (TPSA) is 57.0 Å². The summed E-state index contributed by atoms with van der Waals surface area (Å²) in [5, 5.41) is 8.84. The van der Waals surface area contributed by atoms with Crippen LogP contribution >= 0.6 is 11.6 Å². The van der Waals surface area contributed by atoms with Crippen LogP contribution in [0.3, 0.4) is 0 Å². The van der Waals surface area contributed by atoms with E-state index in [0.29, 0.717) is 12.1 Å². The molecule has 1 aromatic heterocycles. The Morgan fingerprint density at radius 1 is 1.69 bits per heavy atom. The number of carbonyl (C=O) groups is 1. The maximum absolute atomic E-state index is 11.9. The van der Waals surface area contributed by atoms with E-state index in [1.54, 1.807) is 25.2 Å². The van der Waals surface area contributed by atoms with Gasteiger partial charge in [-0.2, -0.15) is 5.26 Å². The lowest BCUT2D eigenvalue weighted by Gasteiger charge is -2.22. The van der Waals surface area contributed by atoms with E-state index in [9.17, 15) is 4.79 Å². The molecule has 0 aliphatic rings. The highest BCUT2D eigenvalue weighted by Crippen LogP contribution is 2.09. The van der Waals surface area contributed by atoms with Gasteiger partial charge in [0.25, 0.3) is 5.91 Å². The molecule has 0 saturated carbocycles. The van der Waals surface area contributed by atoms with E-state index in [2.05, 4.69) is 4.98 Å². The molecule has 84 valence electrons. The van der Waals surface area contributed by atoms with E-state index in [-0.39, 0.29) is 17.1 Å². The molecule has 0 spiro atoms. The molecule has 0 saturated heterocycles. The van der Waals surface area contributed by atoms with Crippen LogP contribution in [0.5, 0.6) is 0 Å². The Labute approximate surface area is 99.5 Å². The van der Waals surface area contributed by atoms with Gasteiger partial charge < -0.3 is 4.90 Å². The third-order valence-electron chi connectivity index (χ3n) is 2.30. The summed E-state index contributed by atoms with van der Waals surface area (Å²) in [6.45, 7) is 1.81. The van der Waals surface area contributed by atoms with Gasteiger partial charge in [-0.25, -0.2) is 4.98 Å². The zero-order valence-electron chi connectivity index (χ0n) is 9.14. The molecule has 0 aliphatic heterocycles. The van der Waals surface area contributed by atoms with Gasteiger partial charge in [-0.1, -0.05) is 17.7 Å². The Morgan fingerprint density at radius 3 is 2.94 bits per heavy atom. The molecule has 1 heterocycles. The van der Waals surface area contributed by atoms with Gasteiger partial charge in [0, 0.05) is 13.1 Å². The van der Waals surface area contributed by atoms with E-state index in [1.165, 1.54) is 4.90 Å². The molecule has 0 N–H and O–H groups in total. The molecular weight excluding hydrogens is 226 g/mol. The van der Waals surface area contributed by atoms with Gasteiger partial charge in [-0.3, -0.25) is 4.79 Å².